The molecule has 0 bridgehead atoms. The van der Waals surface area contributed by atoms with Crippen LogP contribution in [-0.4, -0.2) is 30.7 Å². The van der Waals surface area contributed by atoms with Gasteiger partial charge in [-0.1, -0.05) is 51.1 Å². The average molecular weight is 242 g/mol. The first kappa shape index (κ1) is 11.8. The van der Waals surface area contributed by atoms with Crippen LogP contribution in [0.4, 0.5) is 5.69 Å². The highest BCUT2D eigenvalue weighted by Crippen LogP contribution is 2.33. The molecule has 0 radical (unpaired) electrons. The van der Waals surface area contributed by atoms with Crippen LogP contribution in [-0.2, 0) is 0 Å². The van der Waals surface area contributed by atoms with Gasteiger partial charge in [-0.3, -0.25) is 4.90 Å². The summed E-state index contributed by atoms with van der Waals surface area (Å²) in [5, 5.41) is 0. The number of hydrogen-bond donors (Lipinski definition) is 0. The fraction of sp³-hybridized carbons (Fsp3) is 0.500. The molecule has 2 nitrogen and oxygen atoms in total. The number of para-hydroxylation sites is 1. The van der Waals surface area contributed by atoms with Crippen molar-refractivity contribution in [3.05, 3.63) is 35.9 Å². The van der Waals surface area contributed by atoms with E-state index >= 15 is 0 Å². The van der Waals surface area contributed by atoms with Crippen molar-refractivity contribution >= 4 is 11.8 Å². The van der Waals surface area contributed by atoms with E-state index in [9.17, 15) is 0 Å². The highest BCUT2D eigenvalue weighted by molar-refractivity contribution is 5.72. The van der Waals surface area contributed by atoms with Gasteiger partial charge in [0, 0.05) is 18.8 Å². The number of benzene rings is 1. The SMILES string of the molecule is CC(C)(C)CN1CC2C=Cc3ccccc3N2C1. The summed E-state index contributed by atoms with van der Waals surface area (Å²) in [6, 6.07) is 9.26. The lowest BCUT2D eigenvalue weighted by Crippen LogP contribution is -2.33. The van der Waals surface area contributed by atoms with Crippen LogP contribution < -0.4 is 4.90 Å². The van der Waals surface area contributed by atoms with Crippen molar-refractivity contribution in [2.45, 2.75) is 26.8 Å². The van der Waals surface area contributed by atoms with Gasteiger partial charge in [0.05, 0.1) is 12.7 Å². The molecular weight excluding hydrogens is 220 g/mol. The molecule has 1 aromatic carbocycles. The Kier molecular flexibility index (Phi) is 2.70. The zero-order valence-corrected chi connectivity index (χ0v) is 11.6. The maximum atomic E-state index is 2.57. The van der Waals surface area contributed by atoms with Gasteiger partial charge in [-0.25, -0.2) is 0 Å². The van der Waals surface area contributed by atoms with Gasteiger partial charge in [-0.05, 0) is 17.0 Å². The lowest BCUT2D eigenvalue weighted by molar-refractivity contribution is 0.227. The van der Waals surface area contributed by atoms with E-state index in [0.717, 1.165) is 19.8 Å². The predicted octanol–water partition coefficient (Wildman–Crippen LogP) is 3.21. The van der Waals surface area contributed by atoms with Gasteiger partial charge < -0.3 is 4.90 Å². The molecule has 2 heterocycles. The second kappa shape index (κ2) is 4.13. The van der Waals surface area contributed by atoms with Crippen LogP contribution in [0.1, 0.15) is 26.3 Å². The predicted molar refractivity (Wildman–Crippen MR) is 77.6 cm³/mol. The molecular formula is C16H22N2. The van der Waals surface area contributed by atoms with E-state index in [1.807, 2.05) is 0 Å². The first-order valence-electron chi connectivity index (χ1n) is 6.79. The minimum atomic E-state index is 0.373. The molecule has 96 valence electrons. The minimum Gasteiger partial charge on any atom is -0.350 e. The zero-order valence-electron chi connectivity index (χ0n) is 11.6. The molecule has 0 aromatic heterocycles. The Bertz CT molecular complexity index is 470. The first-order valence-corrected chi connectivity index (χ1v) is 6.79. The van der Waals surface area contributed by atoms with Crippen LogP contribution in [0, 0.1) is 5.41 Å². The molecule has 2 aliphatic rings. The van der Waals surface area contributed by atoms with E-state index in [-0.39, 0.29) is 0 Å². The first-order chi connectivity index (χ1) is 8.53. The van der Waals surface area contributed by atoms with Crippen LogP contribution in [0.2, 0.25) is 0 Å². The third-order valence-electron chi connectivity index (χ3n) is 3.64. The monoisotopic (exact) mass is 242 g/mol. The van der Waals surface area contributed by atoms with E-state index in [1.165, 1.54) is 11.3 Å². The summed E-state index contributed by atoms with van der Waals surface area (Å²) in [5.74, 6) is 0. The normalized spacial score (nSPS) is 23.1. The van der Waals surface area contributed by atoms with Crippen molar-refractivity contribution in [3.8, 4) is 0 Å². The largest absolute Gasteiger partial charge is 0.350 e. The minimum absolute atomic E-state index is 0.373. The molecule has 1 unspecified atom stereocenters. The van der Waals surface area contributed by atoms with Crippen LogP contribution >= 0.6 is 0 Å². The Morgan fingerprint density at radius 2 is 2.00 bits per heavy atom. The summed E-state index contributed by atoms with van der Waals surface area (Å²) in [5.41, 5.74) is 3.12. The van der Waals surface area contributed by atoms with Gasteiger partial charge in [0.1, 0.15) is 0 Å². The fourth-order valence-corrected chi connectivity index (χ4v) is 3.05. The summed E-state index contributed by atoms with van der Waals surface area (Å²) in [7, 11) is 0. The molecule has 3 rings (SSSR count). The molecule has 2 aliphatic heterocycles. The van der Waals surface area contributed by atoms with Crippen molar-refractivity contribution in [2.75, 3.05) is 24.7 Å². The van der Waals surface area contributed by atoms with Crippen molar-refractivity contribution in [3.63, 3.8) is 0 Å². The van der Waals surface area contributed by atoms with Gasteiger partial charge in [0.25, 0.3) is 0 Å². The van der Waals surface area contributed by atoms with Crippen molar-refractivity contribution in [2.24, 2.45) is 5.41 Å². The molecule has 18 heavy (non-hydrogen) atoms. The molecule has 2 heteroatoms. The molecule has 1 aromatic rings. The molecule has 0 saturated carbocycles. The number of rotatable bonds is 1. The Balaban J connectivity index is 1.81. The smallest absolute Gasteiger partial charge is 0.0715 e. The Hall–Kier alpha value is -1.28. The lowest BCUT2D eigenvalue weighted by atomic mass is 9.96. The van der Waals surface area contributed by atoms with Crippen LogP contribution in [0.15, 0.2) is 30.3 Å². The number of nitrogens with zero attached hydrogens (tertiary/aromatic N) is 2. The average Bonchev–Trinajstić information content (AvgIpc) is 2.69. The molecule has 0 spiro atoms. The highest BCUT2D eigenvalue weighted by atomic mass is 15.4. The molecule has 1 atom stereocenters. The molecule has 0 amide bonds. The van der Waals surface area contributed by atoms with Crippen molar-refractivity contribution in [1.29, 1.82) is 0 Å². The Labute approximate surface area is 110 Å². The summed E-state index contributed by atoms with van der Waals surface area (Å²) in [4.78, 5) is 5.10. The number of anilines is 1. The van der Waals surface area contributed by atoms with Gasteiger partial charge in [0.2, 0.25) is 0 Å². The quantitative estimate of drug-likeness (QED) is 0.746. The van der Waals surface area contributed by atoms with Crippen LogP contribution in [0.5, 0.6) is 0 Å². The van der Waals surface area contributed by atoms with E-state index in [4.69, 9.17) is 0 Å². The summed E-state index contributed by atoms with van der Waals surface area (Å²) in [6.07, 6.45) is 4.63. The Morgan fingerprint density at radius 3 is 2.78 bits per heavy atom. The van der Waals surface area contributed by atoms with E-state index < -0.39 is 0 Å². The van der Waals surface area contributed by atoms with Crippen molar-refractivity contribution in [1.82, 2.24) is 4.90 Å². The van der Waals surface area contributed by atoms with Gasteiger partial charge in [-0.2, -0.15) is 0 Å². The summed E-state index contributed by atoms with van der Waals surface area (Å²) in [6.45, 7) is 10.3. The number of fused-ring (bicyclic) bond motifs is 3. The molecule has 1 fully saturated rings. The second-order valence-electron chi connectivity index (χ2n) is 6.67. The van der Waals surface area contributed by atoms with E-state index in [1.54, 1.807) is 0 Å². The number of hydrogen-bond acceptors (Lipinski definition) is 2. The summed E-state index contributed by atoms with van der Waals surface area (Å²) >= 11 is 0. The maximum absolute atomic E-state index is 2.57. The van der Waals surface area contributed by atoms with Gasteiger partial charge >= 0.3 is 0 Å². The van der Waals surface area contributed by atoms with Crippen LogP contribution in [0.25, 0.3) is 6.08 Å². The Morgan fingerprint density at radius 1 is 1.22 bits per heavy atom. The third kappa shape index (κ3) is 2.17. The molecule has 0 N–H and O–H groups in total. The maximum Gasteiger partial charge on any atom is 0.0715 e. The second-order valence-corrected chi connectivity index (χ2v) is 6.67. The standard InChI is InChI=1S/C16H22N2/c1-16(2,3)11-17-10-14-9-8-13-6-4-5-7-15(13)18(14)12-17/h4-9,14H,10-12H2,1-3H3. The molecule has 0 aliphatic carbocycles. The molecule has 1 saturated heterocycles. The van der Waals surface area contributed by atoms with Gasteiger partial charge in [-0.15, -0.1) is 0 Å². The topological polar surface area (TPSA) is 6.48 Å². The summed E-state index contributed by atoms with van der Waals surface area (Å²) < 4.78 is 0. The third-order valence-corrected chi connectivity index (χ3v) is 3.64. The zero-order chi connectivity index (χ0) is 12.8. The van der Waals surface area contributed by atoms with E-state index in [0.29, 0.717) is 11.5 Å². The fourth-order valence-electron chi connectivity index (χ4n) is 3.05. The lowest BCUT2D eigenvalue weighted by Gasteiger charge is -2.29. The van der Waals surface area contributed by atoms with E-state index in [2.05, 4.69) is 67.0 Å². The van der Waals surface area contributed by atoms with Crippen molar-refractivity contribution < 1.29 is 0 Å². The van der Waals surface area contributed by atoms with Gasteiger partial charge in [0.15, 0.2) is 0 Å². The highest BCUT2D eigenvalue weighted by Gasteiger charge is 2.33. The van der Waals surface area contributed by atoms with Crippen LogP contribution in [0.3, 0.4) is 0 Å².